The molecule has 3 N–H and O–H groups in total. The number of rotatable bonds is 3. The van der Waals surface area contributed by atoms with Gasteiger partial charge >= 0.3 is 5.97 Å². The van der Waals surface area contributed by atoms with Crippen LogP contribution < -0.4 is 10.6 Å². The second-order valence-electron chi connectivity index (χ2n) is 3.06. The second kappa shape index (κ2) is 4.64. The summed E-state index contributed by atoms with van der Waals surface area (Å²) in [7, 11) is 10.4. The number of hydrogen-bond donors (Lipinski definition) is 3. The zero-order valence-corrected chi connectivity index (χ0v) is 7.23. The average molecular weight is 179 g/mol. The summed E-state index contributed by atoms with van der Waals surface area (Å²) in [5, 5.41) is 15.3. The number of hydrazine groups is 1. The Morgan fingerprint density at radius 1 is 1.54 bits per heavy atom. The van der Waals surface area contributed by atoms with Crippen molar-refractivity contribution in [1.29, 1.82) is 0 Å². The number of nitrogens with zero attached hydrogens (tertiary/aromatic N) is 1. The van der Waals surface area contributed by atoms with Crippen LogP contribution in [0.25, 0.3) is 0 Å². The van der Waals surface area contributed by atoms with Crippen LogP contribution in [0.4, 0.5) is 0 Å². The third-order valence-corrected chi connectivity index (χ3v) is 2.29. The monoisotopic (exact) mass is 179 g/mol. The average Bonchev–Trinajstić information content (AvgIpc) is 2.16. The van der Waals surface area contributed by atoms with Gasteiger partial charge in [0.15, 0.2) is 7.98 Å². The molecule has 0 aliphatic carbocycles. The minimum Gasteiger partial charge on any atom is -0.480 e. The van der Waals surface area contributed by atoms with Crippen molar-refractivity contribution in [1.82, 2.24) is 15.6 Å². The Balaban J connectivity index is 2.57. The molecule has 1 aliphatic heterocycles. The van der Waals surface area contributed by atoms with Gasteiger partial charge in [-0.05, 0) is 18.9 Å². The molecule has 68 valence electrons. The molecule has 0 aromatic heterocycles. The first-order chi connectivity index (χ1) is 6.19. The molecule has 1 aliphatic rings. The van der Waals surface area contributed by atoms with E-state index in [1.807, 2.05) is 0 Å². The molecule has 5 nitrogen and oxygen atoms in total. The molecular weight excluding hydrogens is 168 g/mol. The lowest BCUT2D eigenvalue weighted by molar-refractivity contribution is -0.145. The minimum atomic E-state index is -0.891. The summed E-state index contributed by atoms with van der Waals surface area (Å²) < 4.78 is 0. The molecule has 0 saturated carbocycles. The Bertz CT molecular complexity index is 193. The third-order valence-electron chi connectivity index (χ3n) is 2.29. The fourth-order valence-electron chi connectivity index (χ4n) is 1.51. The maximum Gasteiger partial charge on any atom is 0.322 e. The van der Waals surface area contributed by atoms with Gasteiger partial charge in [-0.15, -0.1) is 0 Å². The van der Waals surface area contributed by atoms with E-state index in [-0.39, 0.29) is 6.04 Å². The SMILES string of the molecule is [B]NC1CCN(N[B])C(C(=O)O)C1. The van der Waals surface area contributed by atoms with Crippen LogP contribution >= 0.6 is 0 Å². The van der Waals surface area contributed by atoms with E-state index in [2.05, 4.69) is 10.6 Å². The molecule has 0 bridgehead atoms. The molecule has 4 radical (unpaired) electrons. The van der Waals surface area contributed by atoms with Gasteiger partial charge < -0.3 is 15.7 Å². The van der Waals surface area contributed by atoms with E-state index in [0.29, 0.717) is 13.0 Å². The standard InChI is InChI=1S/C6H11B2N3O2/c7-9-4-1-2-11(10-8)5(3-4)6(12)13/h4-5,9-10H,1-3H2,(H,12,13). The number of aliphatic carboxylic acids is 1. The van der Waals surface area contributed by atoms with Crippen molar-refractivity contribution >= 4 is 21.9 Å². The highest BCUT2D eigenvalue weighted by Crippen LogP contribution is 2.15. The van der Waals surface area contributed by atoms with E-state index in [0.717, 1.165) is 6.42 Å². The number of hydrogen-bond acceptors (Lipinski definition) is 4. The molecule has 2 atom stereocenters. The highest BCUT2D eigenvalue weighted by molar-refractivity contribution is 6.04. The van der Waals surface area contributed by atoms with Crippen molar-refractivity contribution in [3.63, 3.8) is 0 Å². The van der Waals surface area contributed by atoms with E-state index in [9.17, 15) is 4.79 Å². The first-order valence-electron chi connectivity index (χ1n) is 4.11. The maximum absolute atomic E-state index is 10.8. The number of carboxylic acids is 1. The quantitative estimate of drug-likeness (QED) is 0.444. The Kier molecular flexibility index (Phi) is 3.77. The molecule has 1 rings (SSSR count). The Hall–Kier alpha value is -0.520. The van der Waals surface area contributed by atoms with Crippen LogP contribution in [0, 0.1) is 0 Å². The van der Waals surface area contributed by atoms with Crippen molar-refractivity contribution in [2.75, 3.05) is 6.54 Å². The molecule has 2 unspecified atom stereocenters. The summed E-state index contributed by atoms with van der Waals surface area (Å²) >= 11 is 0. The molecule has 0 amide bonds. The fraction of sp³-hybridized carbons (Fsp3) is 0.833. The molecule has 7 heteroatoms. The lowest BCUT2D eigenvalue weighted by Gasteiger charge is -2.36. The fourth-order valence-corrected chi connectivity index (χ4v) is 1.51. The summed E-state index contributed by atoms with van der Waals surface area (Å²) in [5.41, 5.74) is 0. The van der Waals surface area contributed by atoms with Gasteiger partial charge in [0.05, 0.1) is 0 Å². The maximum atomic E-state index is 10.8. The first-order valence-corrected chi connectivity index (χ1v) is 4.11. The number of nitrogens with one attached hydrogen (secondary N) is 2. The van der Waals surface area contributed by atoms with E-state index >= 15 is 0 Å². The number of carboxylic acid groups (broad SMARTS) is 1. The second-order valence-corrected chi connectivity index (χ2v) is 3.06. The van der Waals surface area contributed by atoms with Crippen molar-refractivity contribution in [3.8, 4) is 0 Å². The van der Waals surface area contributed by atoms with Crippen molar-refractivity contribution in [2.24, 2.45) is 0 Å². The van der Waals surface area contributed by atoms with E-state index in [4.69, 9.17) is 21.1 Å². The lowest BCUT2D eigenvalue weighted by atomic mass is 9.97. The van der Waals surface area contributed by atoms with Crippen LogP contribution in [0.1, 0.15) is 12.8 Å². The smallest absolute Gasteiger partial charge is 0.322 e. The van der Waals surface area contributed by atoms with Gasteiger partial charge in [0.1, 0.15) is 6.04 Å². The van der Waals surface area contributed by atoms with E-state index in [1.165, 1.54) is 5.01 Å². The summed E-state index contributed by atoms with van der Waals surface area (Å²) in [6, 6.07) is -0.564. The van der Waals surface area contributed by atoms with Crippen LogP contribution in [0.2, 0.25) is 0 Å². The zero-order chi connectivity index (χ0) is 9.84. The predicted molar refractivity (Wildman–Crippen MR) is 48.9 cm³/mol. The Labute approximate surface area is 79.7 Å². The molecule has 0 aromatic rings. The molecule has 1 heterocycles. The highest BCUT2D eigenvalue weighted by Gasteiger charge is 2.31. The number of carbonyl (C=O) groups is 1. The minimum absolute atomic E-state index is 0.0469. The summed E-state index contributed by atoms with van der Waals surface area (Å²) in [6.45, 7) is 0.572. The van der Waals surface area contributed by atoms with Crippen LogP contribution in [0.5, 0.6) is 0 Å². The van der Waals surface area contributed by atoms with Crippen molar-refractivity contribution < 1.29 is 9.90 Å². The van der Waals surface area contributed by atoms with Gasteiger partial charge in [0.2, 0.25) is 7.98 Å². The first kappa shape index (κ1) is 10.6. The van der Waals surface area contributed by atoms with Gasteiger partial charge in [0.25, 0.3) is 0 Å². The molecular formula is C6H11B2N3O2. The third kappa shape index (κ3) is 2.46. The predicted octanol–water partition coefficient (Wildman–Crippen LogP) is -1.83. The molecule has 13 heavy (non-hydrogen) atoms. The molecule has 1 saturated heterocycles. The molecule has 1 fully saturated rings. The van der Waals surface area contributed by atoms with Gasteiger partial charge in [-0.3, -0.25) is 4.79 Å². The summed E-state index contributed by atoms with van der Waals surface area (Å²) in [4.78, 5) is 10.8. The Morgan fingerprint density at radius 2 is 2.23 bits per heavy atom. The van der Waals surface area contributed by atoms with Crippen LogP contribution in [-0.4, -0.2) is 50.7 Å². The normalized spacial score (nSPS) is 30.2. The van der Waals surface area contributed by atoms with Crippen molar-refractivity contribution in [3.05, 3.63) is 0 Å². The Morgan fingerprint density at radius 3 is 2.69 bits per heavy atom. The van der Waals surface area contributed by atoms with Crippen LogP contribution in [0.3, 0.4) is 0 Å². The van der Waals surface area contributed by atoms with Crippen LogP contribution in [0.15, 0.2) is 0 Å². The zero-order valence-electron chi connectivity index (χ0n) is 7.23. The summed E-state index contributed by atoms with van der Waals surface area (Å²) in [6.07, 6.45) is 1.24. The van der Waals surface area contributed by atoms with Crippen molar-refractivity contribution in [2.45, 2.75) is 24.9 Å². The lowest BCUT2D eigenvalue weighted by Crippen LogP contribution is -2.56. The highest BCUT2D eigenvalue weighted by atomic mass is 16.4. The molecule has 0 spiro atoms. The van der Waals surface area contributed by atoms with E-state index in [1.54, 1.807) is 0 Å². The number of piperidine rings is 1. The van der Waals surface area contributed by atoms with Crippen LogP contribution in [-0.2, 0) is 4.79 Å². The topological polar surface area (TPSA) is 64.6 Å². The van der Waals surface area contributed by atoms with Gasteiger partial charge in [-0.1, -0.05) is 0 Å². The largest absolute Gasteiger partial charge is 0.480 e. The van der Waals surface area contributed by atoms with Gasteiger partial charge in [0, 0.05) is 6.54 Å². The van der Waals surface area contributed by atoms with E-state index < -0.39 is 12.0 Å². The molecule has 0 aromatic carbocycles. The summed E-state index contributed by atoms with van der Waals surface area (Å²) in [5.74, 6) is -0.891. The van der Waals surface area contributed by atoms with Gasteiger partial charge in [-0.2, -0.15) is 0 Å². The van der Waals surface area contributed by atoms with Gasteiger partial charge in [-0.25, -0.2) is 5.01 Å².